The number of carbonyl (C=O) groups is 2. The Kier molecular flexibility index (Phi) is 7.02. The van der Waals surface area contributed by atoms with Crippen molar-refractivity contribution in [2.45, 2.75) is 25.7 Å². The summed E-state index contributed by atoms with van der Waals surface area (Å²) in [5, 5.41) is 7.29. The van der Waals surface area contributed by atoms with E-state index in [9.17, 15) is 14.0 Å². The van der Waals surface area contributed by atoms with Gasteiger partial charge in [-0.15, -0.1) is 0 Å². The molecular formula is C25H27FN4O3. The lowest BCUT2D eigenvalue weighted by Crippen LogP contribution is -2.28. The molecule has 33 heavy (non-hydrogen) atoms. The lowest BCUT2D eigenvalue weighted by Gasteiger charge is -2.18. The predicted molar refractivity (Wildman–Crippen MR) is 124 cm³/mol. The van der Waals surface area contributed by atoms with Crippen LogP contribution in [0.2, 0.25) is 0 Å². The molecule has 0 bridgehead atoms. The quantitative estimate of drug-likeness (QED) is 0.481. The lowest BCUT2D eigenvalue weighted by atomic mass is 10.1. The van der Waals surface area contributed by atoms with Gasteiger partial charge in [-0.1, -0.05) is 18.6 Å². The van der Waals surface area contributed by atoms with E-state index in [-0.39, 0.29) is 17.8 Å². The summed E-state index contributed by atoms with van der Waals surface area (Å²) in [5.41, 5.74) is 3.83. The molecule has 1 aliphatic rings. The standard InChI is InChI=1S/C25H27FN4O3/c1-29(24(31)18-9-11-22(12-10-18)30-14-15-33-25(30)32)13-4-2-3-8-21-17-23(28-27-21)19-6-5-7-20(26)16-19/h5-7,9-12,16-17H,2-4,8,13-15H2,1H3,(H,27,28). The molecule has 1 aliphatic heterocycles. The van der Waals surface area contributed by atoms with Crippen molar-refractivity contribution in [3.05, 3.63) is 71.7 Å². The number of H-pyrrole nitrogens is 1. The first kappa shape index (κ1) is 22.5. The van der Waals surface area contributed by atoms with Gasteiger partial charge in [-0.3, -0.25) is 14.8 Å². The van der Waals surface area contributed by atoms with Crippen molar-refractivity contribution < 1.29 is 18.7 Å². The monoisotopic (exact) mass is 450 g/mol. The highest BCUT2D eigenvalue weighted by atomic mass is 19.1. The van der Waals surface area contributed by atoms with E-state index in [0.717, 1.165) is 48.3 Å². The van der Waals surface area contributed by atoms with Gasteiger partial charge in [0.1, 0.15) is 12.4 Å². The fourth-order valence-electron chi connectivity index (χ4n) is 3.86. The third-order valence-electron chi connectivity index (χ3n) is 5.72. The van der Waals surface area contributed by atoms with Gasteiger partial charge in [-0.05, 0) is 61.7 Å². The number of nitrogens with one attached hydrogen (secondary N) is 1. The van der Waals surface area contributed by atoms with Crippen LogP contribution in [0.1, 0.15) is 35.3 Å². The van der Waals surface area contributed by atoms with Crippen LogP contribution in [-0.2, 0) is 11.2 Å². The number of benzene rings is 2. The van der Waals surface area contributed by atoms with Crippen LogP contribution in [0.5, 0.6) is 0 Å². The van der Waals surface area contributed by atoms with Gasteiger partial charge in [0, 0.05) is 36.1 Å². The summed E-state index contributed by atoms with van der Waals surface area (Å²) in [7, 11) is 1.80. The fourth-order valence-corrected chi connectivity index (χ4v) is 3.86. The van der Waals surface area contributed by atoms with Crippen molar-refractivity contribution in [3.8, 4) is 11.3 Å². The Morgan fingerprint density at radius 1 is 1.15 bits per heavy atom. The van der Waals surface area contributed by atoms with Crippen molar-refractivity contribution in [3.63, 3.8) is 0 Å². The van der Waals surface area contributed by atoms with Gasteiger partial charge < -0.3 is 9.64 Å². The molecule has 0 radical (unpaired) electrons. The highest BCUT2D eigenvalue weighted by molar-refractivity contribution is 5.95. The summed E-state index contributed by atoms with van der Waals surface area (Å²) >= 11 is 0. The number of cyclic esters (lactones) is 1. The first-order valence-corrected chi connectivity index (χ1v) is 11.1. The highest BCUT2D eigenvalue weighted by Gasteiger charge is 2.23. The van der Waals surface area contributed by atoms with E-state index < -0.39 is 0 Å². The van der Waals surface area contributed by atoms with Gasteiger partial charge in [0.2, 0.25) is 0 Å². The van der Waals surface area contributed by atoms with E-state index in [1.54, 1.807) is 47.2 Å². The van der Waals surface area contributed by atoms with Gasteiger partial charge >= 0.3 is 6.09 Å². The van der Waals surface area contributed by atoms with Crippen LogP contribution < -0.4 is 4.90 Å². The number of carbonyl (C=O) groups excluding carboxylic acids is 2. The van der Waals surface area contributed by atoms with Crippen molar-refractivity contribution >= 4 is 17.7 Å². The Hall–Kier alpha value is -3.68. The van der Waals surface area contributed by atoms with Crippen LogP contribution in [0.25, 0.3) is 11.3 Å². The number of aryl methyl sites for hydroxylation is 1. The van der Waals surface area contributed by atoms with Crippen LogP contribution in [0.4, 0.5) is 14.9 Å². The Morgan fingerprint density at radius 2 is 1.97 bits per heavy atom. The average molecular weight is 451 g/mol. The summed E-state index contributed by atoms with van der Waals surface area (Å²) in [6.07, 6.45) is 3.33. The summed E-state index contributed by atoms with van der Waals surface area (Å²) in [6, 6.07) is 15.4. The second kappa shape index (κ2) is 10.3. The molecule has 0 saturated carbocycles. The number of hydrogen-bond donors (Lipinski definition) is 1. The molecule has 0 unspecified atom stereocenters. The van der Waals surface area contributed by atoms with Crippen LogP contribution in [0.3, 0.4) is 0 Å². The van der Waals surface area contributed by atoms with Crippen molar-refractivity contribution in [2.24, 2.45) is 0 Å². The summed E-state index contributed by atoms with van der Waals surface area (Å²) in [5.74, 6) is -0.318. The Bertz CT molecular complexity index is 1110. The molecule has 1 aromatic heterocycles. The molecule has 2 heterocycles. The SMILES string of the molecule is CN(CCCCCc1cc(-c2cccc(F)c2)n[nH]1)C(=O)c1ccc(N2CCOC2=O)cc1. The Labute approximate surface area is 192 Å². The largest absolute Gasteiger partial charge is 0.447 e. The van der Waals surface area contributed by atoms with E-state index in [1.165, 1.54) is 12.1 Å². The molecule has 8 heteroatoms. The minimum Gasteiger partial charge on any atom is -0.447 e. The molecule has 2 amide bonds. The summed E-state index contributed by atoms with van der Waals surface area (Å²) in [6.45, 7) is 1.57. The molecule has 1 N–H and O–H groups in total. The maximum atomic E-state index is 13.4. The fraction of sp³-hybridized carbons (Fsp3) is 0.320. The zero-order chi connectivity index (χ0) is 23.2. The first-order valence-electron chi connectivity index (χ1n) is 11.1. The molecule has 1 saturated heterocycles. The van der Waals surface area contributed by atoms with Crippen LogP contribution >= 0.6 is 0 Å². The number of hydrogen-bond acceptors (Lipinski definition) is 4. The van der Waals surface area contributed by atoms with E-state index >= 15 is 0 Å². The van der Waals surface area contributed by atoms with Crippen molar-refractivity contribution in [1.29, 1.82) is 0 Å². The van der Waals surface area contributed by atoms with Gasteiger partial charge in [-0.2, -0.15) is 5.10 Å². The summed E-state index contributed by atoms with van der Waals surface area (Å²) in [4.78, 5) is 27.6. The molecular weight excluding hydrogens is 423 g/mol. The van der Waals surface area contributed by atoms with E-state index in [4.69, 9.17) is 4.74 Å². The Balaban J connectivity index is 1.19. The molecule has 172 valence electrons. The van der Waals surface area contributed by atoms with Crippen LogP contribution in [0.15, 0.2) is 54.6 Å². The zero-order valence-corrected chi connectivity index (χ0v) is 18.6. The molecule has 1 fully saturated rings. The van der Waals surface area contributed by atoms with E-state index in [2.05, 4.69) is 10.2 Å². The molecule has 3 aromatic rings. The minimum atomic E-state index is -0.355. The Morgan fingerprint density at radius 3 is 2.70 bits per heavy atom. The van der Waals surface area contributed by atoms with E-state index in [1.807, 2.05) is 12.1 Å². The maximum absolute atomic E-state index is 13.4. The van der Waals surface area contributed by atoms with Crippen LogP contribution in [0, 0.1) is 5.82 Å². The van der Waals surface area contributed by atoms with Crippen molar-refractivity contribution in [2.75, 3.05) is 31.6 Å². The van der Waals surface area contributed by atoms with Crippen LogP contribution in [-0.4, -0.2) is 53.8 Å². The van der Waals surface area contributed by atoms with Gasteiger partial charge in [0.05, 0.1) is 12.2 Å². The number of rotatable bonds is 9. The third-order valence-corrected chi connectivity index (χ3v) is 5.72. The third kappa shape index (κ3) is 5.58. The van der Waals surface area contributed by atoms with Crippen molar-refractivity contribution in [1.82, 2.24) is 15.1 Å². The van der Waals surface area contributed by atoms with Gasteiger partial charge in [-0.25, -0.2) is 9.18 Å². The van der Waals surface area contributed by atoms with Gasteiger partial charge in [0.15, 0.2) is 0 Å². The second-order valence-electron chi connectivity index (χ2n) is 8.14. The number of unbranched alkanes of at least 4 members (excludes halogenated alkanes) is 2. The average Bonchev–Trinajstić information content (AvgIpc) is 3.47. The first-order chi connectivity index (χ1) is 16.0. The molecule has 0 atom stereocenters. The molecule has 2 aromatic carbocycles. The summed E-state index contributed by atoms with van der Waals surface area (Å²) < 4.78 is 18.3. The highest BCUT2D eigenvalue weighted by Crippen LogP contribution is 2.21. The van der Waals surface area contributed by atoms with E-state index in [0.29, 0.717) is 25.3 Å². The predicted octanol–water partition coefficient (Wildman–Crippen LogP) is 4.66. The molecule has 0 spiro atoms. The topological polar surface area (TPSA) is 78.5 Å². The molecule has 4 rings (SSSR count). The number of nitrogens with zero attached hydrogens (tertiary/aromatic N) is 3. The zero-order valence-electron chi connectivity index (χ0n) is 18.6. The molecule has 7 nitrogen and oxygen atoms in total. The lowest BCUT2D eigenvalue weighted by molar-refractivity contribution is 0.0792. The number of halogens is 1. The normalized spacial score (nSPS) is 13.3. The number of anilines is 1. The molecule has 0 aliphatic carbocycles. The minimum absolute atomic E-state index is 0.0427. The van der Waals surface area contributed by atoms with Gasteiger partial charge in [0.25, 0.3) is 5.91 Å². The smallest absolute Gasteiger partial charge is 0.414 e. The second-order valence-corrected chi connectivity index (χ2v) is 8.14. The number of amides is 2. The number of ether oxygens (including phenoxy) is 1. The maximum Gasteiger partial charge on any atom is 0.414 e. The number of aromatic nitrogens is 2. The number of aromatic amines is 1.